The first-order chi connectivity index (χ1) is 18.2. The van der Waals surface area contributed by atoms with Crippen LogP contribution in [0.25, 0.3) is 33.4 Å². The molecule has 0 radical (unpaired) electrons. The predicted octanol–water partition coefficient (Wildman–Crippen LogP) is 6.50. The minimum Gasteiger partial charge on any atom is -0.375 e. The maximum absolute atomic E-state index is 5.84. The summed E-state index contributed by atoms with van der Waals surface area (Å²) >= 11 is 3.16. The van der Waals surface area contributed by atoms with Gasteiger partial charge in [0, 0.05) is 40.3 Å². The van der Waals surface area contributed by atoms with E-state index in [2.05, 4.69) is 74.4 Å². The van der Waals surface area contributed by atoms with E-state index in [1.165, 1.54) is 22.2 Å². The van der Waals surface area contributed by atoms with Gasteiger partial charge in [-0.05, 0) is 55.3 Å². The van der Waals surface area contributed by atoms with Gasteiger partial charge in [-0.25, -0.2) is 19.9 Å². The number of anilines is 1. The molecular weight excluding hydrogens is 496 g/mol. The highest BCUT2D eigenvalue weighted by atomic mass is 32.2. The summed E-state index contributed by atoms with van der Waals surface area (Å²) in [6, 6.07) is 21.4. The highest BCUT2D eigenvalue weighted by molar-refractivity contribution is 7.98. The van der Waals surface area contributed by atoms with Gasteiger partial charge in [0.05, 0.1) is 5.69 Å². The van der Waals surface area contributed by atoms with Crippen LogP contribution in [-0.2, 0) is 6.54 Å². The molecule has 0 unspecified atom stereocenters. The molecule has 0 bridgehead atoms. The number of nitrogens with zero attached hydrogens (tertiary/aromatic N) is 5. The summed E-state index contributed by atoms with van der Waals surface area (Å²) in [7, 11) is 0. The lowest BCUT2D eigenvalue weighted by Gasteiger charge is -2.31. The van der Waals surface area contributed by atoms with Crippen molar-refractivity contribution in [1.82, 2.24) is 24.8 Å². The molecule has 1 fully saturated rings. The summed E-state index contributed by atoms with van der Waals surface area (Å²) in [5, 5.41) is 2.35. The number of nitrogen functional groups attached to an aromatic ring is 1. The molecule has 6 rings (SSSR count). The molecule has 2 aromatic carbocycles. The van der Waals surface area contributed by atoms with Crippen molar-refractivity contribution in [2.75, 3.05) is 25.1 Å². The number of hydrogen-bond donors (Lipinski definition) is 1. The molecule has 0 saturated carbocycles. The van der Waals surface area contributed by atoms with E-state index in [4.69, 9.17) is 10.7 Å². The zero-order valence-electron chi connectivity index (χ0n) is 20.7. The van der Waals surface area contributed by atoms with Crippen molar-refractivity contribution >= 4 is 39.3 Å². The van der Waals surface area contributed by atoms with Gasteiger partial charge in [0.1, 0.15) is 0 Å². The summed E-state index contributed by atoms with van der Waals surface area (Å²) in [6.45, 7) is 3.14. The number of aromatic nitrogens is 4. The number of benzene rings is 2. The van der Waals surface area contributed by atoms with Gasteiger partial charge in [0.25, 0.3) is 0 Å². The molecule has 37 heavy (non-hydrogen) atoms. The molecule has 186 valence electrons. The molecule has 8 heteroatoms. The lowest BCUT2D eigenvalue weighted by Crippen LogP contribution is -2.32. The van der Waals surface area contributed by atoms with Crippen LogP contribution in [0.3, 0.4) is 0 Å². The van der Waals surface area contributed by atoms with E-state index in [0.29, 0.717) is 11.0 Å². The fourth-order valence-corrected chi connectivity index (χ4v) is 6.19. The molecule has 0 spiro atoms. The maximum Gasteiger partial charge on any atom is 0.189 e. The van der Waals surface area contributed by atoms with E-state index >= 15 is 0 Å². The maximum atomic E-state index is 5.84. The molecule has 5 aromatic rings. The van der Waals surface area contributed by atoms with Crippen LogP contribution in [0.1, 0.15) is 29.2 Å². The Morgan fingerprint density at radius 3 is 2.43 bits per heavy atom. The Morgan fingerprint density at radius 2 is 1.73 bits per heavy atom. The normalized spacial score (nSPS) is 14.8. The standard InChI is InChI=1S/C29H28N6S2/c1-36-29-32-16-23-15-24(20-5-3-2-4-6-20)26(33-27(23)34-29)22-9-7-19(8-10-22)18-35-13-11-21(12-14-35)25-17-31-28(30)37-25/h2-10,15-17,21H,11-14,18H2,1H3,(H2,30,31). The zero-order valence-corrected chi connectivity index (χ0v) is 22.3. The first kappa shape index (κ1) is 24.0. The Morgan fingerprint density at radius 1 is 0.946 bits per heavy atom. The second kappa shape index (κ2) is 10.6. The molecule has 0 atom stereocenters. The van der Waals surface area contributed by atoms with Crippen LogP contribution >= 0.6 is 23.1 Å². The van der Waals surface area contributed by atoms with Gasteiger partial charge < -0.3 is 5.73 Å². The number of rotatable bonds is 6. The Bertz CT molecular complexity index is 1510. The van der Waals surface area contributed by atoms with Gasteiger partial charge in [0.15, 0.2) is 15.9 Å². The lowest BCUT2D eigenvalue weighted by molar-refractivity contribution is 0.205. The third kappa shape index (κ3) is 5.23. The van der Waals surface area contributed by atoms with E-state index in [9.17, 15) is 0 Å². The fraction of sp³-hybridized carbons (Fsp3) is 0.241. The largest absolute Gasteiger partial charge is 0.375 e. The highest BCUT2D eigenvalue weighted by Gasteiger charge is 2.22. The van der Waals surface area contributed by atoms with Gasteiger partial charge >= 0.3 is 0 Å². The number of hydrogen-bond acceptors (Lipinski definition) is 8. The van der Waals surface area contributed by atoms with Crippen molar-refractivity contribution in [2.45, 2.75) is 30.5 Å². The van der Waals surface area contributed by atoms with E-state index < -0.39 is 0 Å². The van der Waals surface area contributed by atoms with Crippen molar-refractivity contribution in [3.8, 4) is 22.4 Å². The highest BCUT2D eigenvalue weighted by Crippen LogP contribution is 2.35. The minimum absolute atomic E-state index is 0.583. The van der Waals surface area contributed by atoms with E-state index in [1.54, 1.807) is 11.3 Å². The second-order valence-electron chi connectivity index (χ2n) is 9.37. The number of thiazole rings is 1. The van der Waals surface area contributed by atoms with Crippen molar-refractivity contribution < 1.29 is 0 Å². The van der Waals surface area contributed by atoms with Gasteiger partial charge in [-0.2, -0.15) is 0 Å². The van der Waals surface area contributed by atoms with Crippen molar-refractivity contribution in [2.24, 2.45) is 0 Å². The van der Waals surface area contributed by atoms with E-state index in [-0.39, 0.29) is 0 Å². The van der Waals surface area contributed by atoms with Crippen LogP contribution in [0.4, 0.5) is 5.13 Å². The van der Waals surface area contributed by atoms with Crippen LogP contribution in [0.15, 0.2) is 78.2 Å². The number of nitrogens with two attached hydrogens (primary N) is 1. The summed E-state index contributed by atoms with van der Waals surface area (Å²) in [6.07, 6.45) is 8.12. The van der Waals surface area contributed by atoms with Crippen LogP contribution in [0.2, 0.25) is 0 Å². The predicted molar refractivity (Wildman–Crippen MR) is 154 cm³/mol. The first-order valence-corrected chi connectivity index (χ1v) is 14.5. The third-order valence-electron chi connectivity index (χ3n) is 6.98. The van der Waals surface area contributed by atoms with Crippen LogP contribution in [0, 0.1) is 0 Å². The lowest BCUT2D eigenvalue weighted by atomic mass is 9.95. The number of fused-ring (bicyclic) bond motifs is 1. The average Bonchev–Trinajstić information content (AvgIpc) is 3.39. The fourth-order valence-electron chi connectivity index (χ4n) is 5.00. The Balaban J connectivity index is 1.24. The Hall–Kier alpha value is -3.33. The molecule has 6 nitrogen and oxygen atoms in total. The minimum atomic E-state index is 0.583. The number of piperidine rings is 1. The van der Waals surface area contributed by atoms with E-state index in [1.807, 2.05) is 24.7 Å². The SMILES string of the molecule is CSc1ncc2cc(-c3ccccc3)c(-c3ccc(CN4CCC(c5cnc(N)s5)CC4)cc3)nc2n1. The smallest absolute Gasteiger partial charge is 0.189 e. The summed E-state index contributed by atoms with van der Waals surface area (Å²) in [5.74, 6) is 0.583. The molecule has 1 aliphatic rings. The summed E-state index contributed by atoms with van der Waals surface area (Å²) in [5.41, 5.74) is 12.1. The van der Waals surface area contributed by atoms with Gasteiger partial charge in [-0.15, -0.1) is 11.3 Å². The molecule has 0 amide bonds. The van der Waals surface area contributed by atoms with Crippen LogP contribution in [0.5, 0.6) is 0 Å². The second-order valence-corrected chi connectivity index (χ2v) is 11.2. The molecule has 1 aliphatic heterocycles. The molecule has 4 heterocycles. The number of pyridine rings is 1. The zero-order chi connectivity index (χ0) is 25.2. The molecule has 0 aliphatic carbocycles. The molecule has 1 saturated heterocycles. The number of likely N-dealkylation sites (tertiary alicyclic amines) is 1. The molecule has 2 N–H and O–H groups in total. The summed E-state index contributed by atoms with van der Waals surface area (Å²) < 4.78 is 0. The van der Waals surface area contributed by atoms with Gasteiger partial charge in [0.2, 0.25) is 0 Å². The molecular formula is C29H28N6S2. The van der Waals surface area contributed by atoms with Crippen molar-refractivity contribution in [1.29, 1.82) is 0 Å². The first-order valence-electron chi connectivity index (χ1n) is 12.5. The van der Waals surface area contributed by atoms with Crippen LogP contribution in [-0.4, -0.2) is 44.2 Å². The monoisotopic (exact) mass is 524 g/mol. The summed E-state index contributed by atoms with van der Waals surface area (Å²) in [4.78, 5) is 22.2. The Kier molecular flexibility index (Phi) is 6.87. The van der Waals surface area contributed by atoms with Gasteiger partial charge in [-0.3, -0.25) is 4.90 Å². The third-order valence-corrected chi connectivity index (χ3v) is 8.53. The quantitative estimate of drug-likeness (QED) is 0.201. The topological polar surface area (TPSA) is 80.8 Å². The van der Waals surface area contributed by atoms with Crippen molar-refractivity contribution in [3.05, 3.63) is 83.5 Å². The molecule has 3 aromatic heterocycles. The van der Waals surface area contributed by atoms with Crippen molar-refractivity contribution in [3.63, 3.8) is 0 Å². The Labute approximate surface area is 225 Å². The van der Waals surface area contributed by atoms with E-state index in [0.717, 1.165) is 71.1 Å². The average molecular weight is 525 g/mol. The number of thioether (sulfide) groups is 1. The van der Waals surface area contributed by atoms with Crippen LogP contribution < -0.4 is 5.73 Å². The van der Waals surface area contributed by atoms with Gasteiger partial charge in [-0.1, -0.05) is 66.4 Å².